The maximum atomic E-state index is 11.5. The van der Waals surface area contributed by atoms with Gasteiger partial charge in [0.1, 0.15) is 11.8 Å². The number of hydrogen-bond donors (Lipinski definition) is 2. The van der Waals surface area contributed by atoms with Gasteiger partial charge in [-0.15, -0.1) is 0 Å². The molecule has 0 heterocycles. The van der Waals surface area contributed by atoms with E-state index in [1.807, 2.05) is 6.07 Å². The number of nitrogens with zero attached hydrogens (tertiary/aromatic N) is 1. The first kappa shape index (κ1) is 15.3. The van der Waals surface area contributed by atoms with Gasteiger partial charge in [-0.25, -0.2) is 13.1 Å². The van der Waals surface area contributed by atoms with Crippen LogP contribution in [0.5, 0.6) is 5.75 Å². The first-order valence-electron chi connectivity index (χ1n) is 5.81. The number of nitrogens with one attached hydrogen (secondary N) is 2. The Labute approximate surface area is 113 Å². The molecule has 0 aliphatic heterocycles. The monoisotopic (exact) mass is 283 g/mol. The Morgan fingerprint density at radius 3 is 2.74 bits per heavy atom. The Morgan fingerprint density at radius 1 is 1.42 bits per heavy atom. The van der Waals surface area contributed by atoms with E-state index in [1.54, 1.807) is 25.1 Å². The van der Waals surface area contributed by atoms with Crippen molar-refractivity contribution in [3.05, 3.63) is 23.8 Å². The summed E-state index contributed by atoms with van der Waals surface area (Å²) in [5.74, 6) is 0.555. The minimum atomic E-state index is -3.26. The third kappa shape index (κ3) is 4.77. The number of anilines is 1. The average Bonchev–Trinajstić information content (AvgIpc) is 2.38. The highest BCUT2D eigenvalue weighted by molar-refractivity contribution is 7.89. The van der Waals surface area contributed by atoms with Gasteiger partial charge in [-0.1, -0.05) is 6.92 Å². The molecule has 0 saturated heterocycles. The smallest absolute Gasteiger partial charge is 0.213 e. The van der Waals surface area contributed by atoms with Crippen molar-refractivity contribution in [2.24, 2.45) is 0 Å². The number of nitriles is 1. The summed E-state index contributed by atoms with van der Waals surface area (Å²) in [4.78, 5) is 0. The Hall–Kier alpha value is -1.78. The maximum absolute atomic E-state index is 11.5. The normalized spacial score (nSPS) is 10.8. The molecule has 6 nitrogen and oxygen atoms in total. The molecule has 0 aromatic heterocycles. The maximum Gasteiger partial charge on any atom is 0.213 e. The fraction of sp³-hybridized carbons (Fsp3) is 0.417. The second kappa shape index (κ2) is 6.97. The number of ether oxygens (including phenoxy) is 1. The van der Waals surface area contributed by atoms with Crippen LogP contribution in [0.1, 0.15) is 12.5 Å². The predicted molar refractivity (Wildman–Crippen MR) is 73.7 cm³/mol. The summed E-state index contributed by atoms with van der Waals surface area (Å²) in [7, 11) is -1.74. The molecule has 0 spiro atoms. The number of methoxy groups -OCH3 is 1. The van der Waals surface area contributed by atoms with E-state index in [0.29, 0.717) is 23.5 Å². The summed E-state index contributed by atoms with van der Waals surface area (Å²) in [6.07, 6.45) is 0. The van der Waals surface area contributed by atoms with Crippen LogP contribution in [0, 0.1) is 11.3 Å². The van der Waals surface area contributed by atoms with Crippen LogP contribution in [-0.2, 0) is 10.0 Å². The third-order valence-electron chi connectivity index (χ3n) is 2.40. The minimum Gasteiger partial charge on any atom is -0.497 e. The Balaban J connectivity index is 2.70. The van der Waals surface area contributed by atoms with Gasteiger partial charge < -0.3 is 10.1 Å². The molecule has 2 N–H and O–H groups in total. The molecule has 0 saturated carbocycles. The van der Waals surface area contributed by atoms with Crippen LogP contribution in [0.25, 0.3) is 0 Å². The lowest BCUT2D eigenvalue weighted by Gasteiger charge is -2.10. The van der Waals surface area contributed by atoms with Gasteiger partial charge >= 0.3 is 0 Å². The van der Waals surface area contributed by atoms with Crippen molar-refractivity contribution in [3.8, 4) is 11.8 Å². The van der Waals surface area contributed by atoms with Gasteiger partial charge in [0.2, 0.25) is 10.0 Å². The van der Waals surface area contributed by atoms with Crippen LogP contribution in [0.15, 0.2) is 18.2 Å². The van der Waals surface area contributed by atoms with Gasteiger partial charge in [0, 0.05) is 19.2 Å². The van der Waals surface area contributed by atoms with Crippen molar-refractivity contribution >= 4 is 15.7 Å². The number of hydrogen-bond acceptors (Lipinski definition) is 5. The van der Waals surface area contributed by atoms with E-state index in [4.69, 9.17) is 10.00 Å². The molecule has 0 aliphatic carbocycles. The largest absolute Gasteiger partial charge is 0.497 e. The van der Waals surface area contributed by atoms with E-state index < -0.39 is 10.0 Å². The summed E-state index contributed by atoms with van der Waals surface area (Å²) < 4.78 is 30.4. The fourth-order valence-corrected chi connectivity index (χ4v) is 2.46. The minimum absolute atomic E-state index is 0.0527. The highest BCUT2D eigenvalue weighted by atomic mass is 32.2. The molecule has 19 heavy (non-hydrogen) atoms. The van der Waals surface area contributed by atoms with Gasteiger partial charge in [0.25, 0.3) is 0 Å². The van der Waals surface area contributed by atoms with E-state index >= 15 is 0 Å². The molecule has 0 fully saturated rings. The molecule has 7 heteroatoms. The van der Waals surface area contributed by atoms with Crippen molar-refractivity contribution in [3.63, 3.8) is 0 Å². The molecule has 0 unspecified atom stereocenters. The van der Waals surface area contributed by atoms with Crippen molar-refractivity contribution < 1.29 is 13.2 Å². The molecular weight excluding hydrogens is 266 g/mol. The van der Waals surface area contributed by atoms with Gasteiger partial charge in [0.15, 0.2) is 0 Å². The fourth-order valence-electron chi connectivity index (χ4n) is 1.51. The second-order valence-corrected chi connectivity index (χ2v) is 5.69. The summed E-state index contributed by atoms with van der Waals surface area (Å²) in [6, 6.07) is 7.01. The van der Waals surface area contributed by atoms with Gasteiger partial charge in [0.05, 0.1) is 24.1 Å². The molecule has 1 aromatic rings. The lowest BCUT2D eigenvalue weighted by molar-refractivity contribution is 0.415. The summed E-state index contributed by atoms with van der Waals surface area (Å²) in [5, 5.41) is 11.9. The molecule has 0 atom stereocenters. The number of sulfonamides is 1. The number of benzene rings is 1. The van der Waals surface area contributed by atoms with E-state index in [-0.39, 0.29) is 12.3 Å². The Bertz CT molecular complexity index is 564. The van der Waals surface area contributed by atoms with Crippen LogP contribution in [0.4, 0.5) is 5.69 Å². The van der Waals surface area contributed by atoms with Crippen LogP contribution >= 0.6 is 0 Å². The second-order valence-electron chi connectivity index (χ2n) is 3.77. The highest BCUT2D eigenvalue weighted by Gasteiger charge is 2.09. The van der Waals surface area contributed by atoms with E-state index in [1.165, 1.54) is 7.11 Å². The lowest BCUT2D eigenvalue weighted by atomic mass is 10.2. The summed E-state index contributed by atoms with van der Waals surface area (Å²) >= 11 is 0. The molecule has 1 rings (SSSR count). The van der Waals surface area contributed by atoms with E-state index in [0.717, 1.165) is 0 Å². The summed E-state index contributed by atoms with van der Waals surface area (Å²) in [5.41, 5.74) is 1.01. The topological polar surface area (TPSA) is 91.2 Å². The molecule has 0 bridgehead atoms. The Kier molecular flexibility index (Phi) is 5.60. The first-order valence-corrected chi connectivity index (χ1v) is 7.47. The zero-order valence-electron chi connectivity index (χ0n) is 10.9. The van der Waals surface area contributed by atoms with Crippen LogP contribution in [0.3, 0.4) is 0 Å². The molecular formula is C12H17N3O3S. The van der Waals surface area contributed by atoms with E-state index in [2.05, 4.69) is 10.0 Å². The van der Waals surface area contributed by atoms with Crippen molar-refractivity contribution in [2.75, 3.05) is 31.3 Å². The SMILES string of the molecule is CCNS(=O)(=O)CCNc1cc(OC)ccc1C#N. The molecule has 0 radical (unpaired) electrons. The zero-order chi connectivity index (χ0) is 14.3. The quantitative estimate of drug-likeness (QED) is 0.776. The molecule has 0 aliphatic rings. The van der Waals surface area contributed by atoms with E-state index in [9.17, 15) is 8.42 Å². The Morgan fingerprint density at radius 2 is 2.16 bits per heavy atom. The number of rotatable bonds is 7. The first-order chi connectivity index (χ1) is 9.02. The highest BCUT2D eigenvalue weighted by Crippen LogP contribution is 2.21. The van der Waals surface area contributed by atoms with Gasteiger partial charge in [-0.05, 0) is 12.1 Å². The van der Waals surface area contributed by atoms with Crippen LogP contribution in [-0.4, -0.2) is 34.4 Å². The molecule has 1 aromatic carbocycles. The lowest BCUT2D eigenvalue weighted by Crippen LogP contribution is -2.29. The van der Waals surface area contributed by atoms with Crippen molar-refractivity contribution in [1.29, 1.82) is 5.26 Å². The van der Waals surface area contributed by atoms with Crippen LogP contribution < -0.4 is 14.8 Å². The molecule has 104 valence electrons. The van der Waals surface area contributed by atoms with Gasteiger partial charge in [-0.2, -0.15) is 5.26 Å². The average molecular weight is 283 g/mol. The van der Waals surface area contributed by atoms with Crippen molar-refractivity contribution in [1.82, 2.24) is 4.72 Å². The summed E-state index contributed by atoms with van der Waals surface area (Å²) in [6.45, 7) is 2.31. The van der Waals surface area contributed by atoms with Crippen LogP contribution in [0.2, 0.25) is 0 Å². The standard InChI is InChI=1S/C12H17N3O3S/c1-3-15-19(16,17)7-6-14-12-8-11(18-2)5-4-10(12)9-13/h4-5,8,14-15H,3,6-7H2,1-2H3. The van der Waals surface area contributed by atoms with Crippen molar-refractivity contribution in [2.45, 2.75) is 6.92 Å². The molecule has 0 amide bonds. The zero-order valence-corrected chi connectivity index (χ0v) is 11.8. The predicted octanol–water partition coefficient (Wildman–Crippen LogP) is 0.918. The van der Waals surface area contributed by atoms with Gasteiger partial charge in [-0.3, -0.25) is 0 Å². The third-order valence-corrected chi connectivity index (χ3v) is 3.87.